The third-order valence-corrected chi connectivity index (χ3v) is 5.84. The normalized spacial score (nSPS) is 18.9. The van der Waals surface area contributed by atoms with E-state index in [9.17, 15) is 9.18 Å². The standard InChI is InChI=1S/C24H38FN3O2/c1-4-17-27(2)18-7-5-6-8-19-30-23-15-13-22(14-16-23)28(3)24(29)26-21-11-9-20(25)10-12-21/h4,9-12,22-23H,1,5-8,13-19H2,2-3H3,(H,26,29). The Balaban J connectivity index is 1.55. The van der Waals surface area contributed by atoms with Crippen LogP contribution in [0.4, 0.5) is 14.9 Å². The molecular formula is C24H38FN3O2. The molecule has 30 heavy (non-hydrogen) atoms. The first-order valence-corrected chi connectivity index (χ1v) is 11.2. The molecule has 1 fully saturated rings. The molecule has 1 aliphatic rings. The molecule has 1 N–H and O–H groups in total. The number of urea groups is 1. The largest absolute Gasteiger partial charge is 0.378 e. The molecule has 6 heteroatoms. The number of ether oxygens (including phenoxy) is 1. The van der Waals surface area contributed by atoms with E-state index < -0.39 is 0 Å². The van der Waals surface area contributed by atoms with Gasteiger partial charge < -0.3 is 19.9 Å². The lowest BCUT2D eigenvalue weighted by Crippen LogP contribution is -2.42. The minimum atomic E-state index is -0.309. The molecule has 0 spiro atoms. The van der Waals surface area contributed by atoms with Gasteiger partial charge in [0.15, 0.2) is 0 Å². The van der Waals surface area contributed by atoms with E-state index in [4.69, 9.17) is 4.74 Å². The summed E-state index contributed by atoms with van der Waals surface area (Å²) in [6.45, 7) is 6.67. The van der Waals surface area contributed by atoms with Crippen molar-refractivity contribution >= 4 is 11.7 Å². The molecule has 0 saturated heterocycles. The van der Waals surface area contributed by atoms with Gasteiger partial charge in [0.25, 0.3) is 0 Å². The number of anilines is 1. The van der Waals surface area contributed by atoms with Crippen LogP contribution in [0.5, 0.6) is 0 Å². The summed E-state index contributed by atoms with van der Waals surface area (Å²) in [5.74, 6) is -0.309. The van der Waals surface area contributed by atoms with Crippen molar-refractivity contribution in [3.63, 3.8) is 0 Å². The number of hydrogen-bond acceptors (Lipinski definition) is 3. The number of likely N-dealkylation sites (N-methyl/N-ethyl adjacent to an activating group) is 1. The van der Waals surface area contributed by atoms with E-state index in [0.29, 0.717) is 11.8 Å². The maximum absolute atomic E-state index is 13.0. The SMILES string of the molecule is C=CCN(C)CCCCCCOC1CCC(N(C)C(=O)Nc2ccc(F)cc2)CC1. The molecule has 0 unspecified atom stereocenters. The van der Waals surface area contributed by atoms with E-state index in [1.54, 1.807) is 17.0 Å². The smallest absolute Gasteiger partial charge is 0.321 e. The van der Waals surface area contributed by atoms with Crippen LogP contribution >= 0.6 is 0 Å². The number of unbranched alkanes of at least 4 members (excludes halogenated alkanes) is 3. The highest BCUT2D eigenvalue weighted by Crippen LogP contribution is 2.25. The second-order valence-corrected chi connectivity index (χ2v) is 8.31. The number of carbonyl (C=O) groups excluding carboxylic acids is 1. The lowest BCUT2D eigenvalue weighted by Gasteiger charge is -2.34. The first-order valence-electron chi connectivity index (χ1n) is 11.2. The Labute approximate surface area is 181 Å². The Bertz CT molecular complexity index is 630. The summed E-state index contributed by atoms with van der Waals surface area (Å²) in [5.41, 5.74) is 0.609. The van der Waals surface area contributed by atoms with Crippen molar-refractivity contribution in [1.82, 2.24) is 9.80 Å². The lowest BCUT2D eigenvalue weighted by atomic mass is 9.92. The maximum Gasteiger partial charge on any atom is 0.321 e. The summed E-state index contributed by atoms with van der Waals surface area (Å²) in [5, 5.41) is 2.83. The molecule has 2 rings (SSSR count). The Morgan fingerprint density at radius 3 is 2.47 bits per heavy atom. The molecule has 0 bridgehead atoms. The number of halogens is 1. The Morgan fingerprint density at radius 2 is 1.80 bits per heavy atom. The van der Waals surface area contributed by atoms with Crippen molar-refractivity contribution in [1.29, 1.82) is 0 Å². The lowest BCUT2D eigenvalue weighted by molar-refractivity contribution is 0.0130. The van der Waals surface area contributed by atoms with Gasteiger partial charge in [-0.1, -0.05) is 18.9 Å². The van der Waals surface area contributed by atoms with Crippen molar-refractivity contribution < 1.29 is 13.9 Å². The number of hydrogen-bond donors (Lipinski definition) is 1. The molecule has 1 saturated carbocycles. The van der Waals surface area contributed by atoms with Crippen LogP contribution in [0.1, 0.15) is 51.4 Å². The van der Waals surface area contributed by atoms with Gasteiger partial charge in [-0.2, -0.15) is 0 Å². The summed E-state index contributed by atoms with van der Waals surface area (Å²) < 4.78 is 19.1. The Hall–Kier alpha value is -1.92. The van der Waals surface area contributed by atoms with Gasteiger partial charge >= 0.3 is 6.03 Å². The van der Waals surface area contributed by atoms with Crippen molar-refractivity contribution in [2.24, 2.45) is 0 Å². The first-order chi connectivity index (χ1) is 14.5. The highest BCUT2D eigenvalue weighted by Gasteiger charge is 2.27. The summed E-state index contributed by atoms with van der Waals surface area (Å²) in [6, 6.07) is 5.91. The first kappa shape index (κ1) is 24.4. The average molecular weight is 420 g/mol. The molecule has 5 nitrogen and oxygen atoms in total. The molecule has 2 amide bonds. The van der Waals surface area contributed by atoms with Crippen molar-refractivity contribution in [2.75, 3.05) is 39.1 Å². The zero-order chi connectivity index (χ0) is 21.8. The maximum atomic E-state index is 13.0. The van der Waals surface area contributed by atoms with Crippen LogP contribution in [0.2, 0.25) is 0 Å². The highest BCUT2D eigenvalue weighted by molar-refractivity contribution is 5.89. The third-order valence-electron chi connectivity index (χ3n) is 5.84. The second kappa shape index (κ2) is 13.4. The number of rotatable bonds is 12. The predicted octanol–water partition coefficient (Wildman–Crippen LogP) is 5.30. The van der Waals surface area contributed by atoms with Crippen LogP contribution < -0.4 is 5.32 Å². The quantitative estimate of drug-likeness (QED) is 0.370. The minimum absolute atomic E-state index is 0.148. The minimum Gasteiger partial charge on any atom is -0.378 e. The molecule has 0 aromatic heterocycles. The number of nitrogens with zero attached hydrogens (tertiary/aromatic N) is 2. The van der Waals surface area contributed by atoms with Gasteiger partial charge in [0, 0.05) is 31.9 Å². The van der Waals surface area contributed by atoms with Crippen LogP contribution in [0, 0.1) is 5.82 Å². The Morgan fingerprint density at radius 1 is 1.13 bits per heavy atom. The number of amides is 2. The van der Waals surface area contributed by atoms with Crippen LogP contribution in [-0.4, -0.2) is 61.8 Å². The molecule has 0 radical (unpaired) electrons. The van der Waals surface area contributed by atoms with Gasteiger partial charge in [-0.15, -0.1) is 6.58 Å². The van der Waals surface area contributed by atoms with Crippen LogP contribution in [0.15, 0.2) is 36.9 Å². The summed E-state index contributed by atoms with van der Waals surface area (Å²) in [4.78, 5) is 16.5. The number of benzene rings is 1. The molecule has 1 aromatic rings. The summed E-state index contributed by atoms with van der Waals surface area (Å²) >= 11 is 0. The van der Waals surface area contributed by atoms with Gasteiger partial charge in [-0.05, 0) is 76.4 Å². The molecule has 1 aromatic carbocycles. The molecule has 0 atom stereocenters. The molecule has 0 heterocycles. The second-order valence-electron chi connectivity index (χ2n) is 8.31. The zero-order valence-corrected chi connectivity index (χ0v) is 18.6. The fourth-order valence-electron chi connectivity index (χ4n) is 3.91. The monoisotopic (exact) mass is 419 g/mol. The van der Waals surface area contributed by atoms with Gasteiger partial charge in [0.1, 0.15) is 5.82 Å². The van der Waals surface area contributed by atoms with Gasteiger partial charge in [0.2, 0.25) is 0 Å². The molecule has 0 aliphatic heterocycles. The Kier molecular flexibility index (Phi) is 10.9. The highest BCUT2D eigenvalue weighted by atomic mass is 19.1. The topological polar surface area (TPSA) is 44.8 Å². The van der Waals surface area contributed by atoms with E-state index in [-0.39, 0.29) is 17.9 Å². The van der Waals surface area contributed by atoms with E-state index in [1.807, 2.05) is 13.1 Å². The van der Waals surface area contributed by atoms with Crippen LogP contribution in [0.25, 0.3) is 0 Å². The molecule has 168 valence electrons. The fraction of sp³-hybridized carbons (Fsp3) is 0.625. The molecular weight excluding hydrogens is 381 g/mol. The van der Waals surface area contributed by atoms with Crippen molar-refractivity contribution in [3.05, 3.63) is 42.7 Å². The number of nitrogens with one attached hydrogen (secondary N) is 1. The van der Waals surface area contributed by atoms with Gasteiger partial charge in [-0.25, -0.2) is 9.18 Å². The van der Waals surface area contributed by atoms with E-state index in [0.717, 1.165) is 51.8 Å². The third kappa shape index (κ3) is 8.84. The van der Waals surface area contributed by atoms with Gasteiger partial charge in [0.05, 0.1) is 6.10 Å². The van der Waals surface area contributed by atoms with Gasteiger partial charge in [-0.3, -0.25) is 0 Å². The van der Waals surface area contributed by atoms with E-state index in [1.165, 1.54) is 31.4 Å². The number of carbonyl (C=O) groups is 1. The average Bonchev–Trinajstić information content (AvgIpc) is 2.74. The van der Waals surface area contributed by atoms with E-state index >= 15 is 0 Å². The van der Waals surface area contributed by atoms with Crippen molar-refractivity contribution in [2.45, 2.75) is 63.5 Å². The van der Waals surface area contributed by atoms with Crippen LogP contribution in [-0.2, 0) is 4.74 Å². The van der Waals surface area contributed by atoms with Crippen LogP contribution in [0.3, 0.4) is 0 Å². The predicted molar refractivity (Wildman–Crippen MR) is 121 cm³/mol. The van der Waals surface area contributed by atoms with Crippen molar-refractivity contribution in [3.8, 4) is 0 Å². The van der Waals surface area contributed by atoms with E-state index in [2.05, 4.69) is 23.8 Å². The summed E-state index contributed by atoms with van der Waals surface area (Å²) in [7, 11) is 3.96. The fourth-order valence-corrected chi connectivity index (χ4v) is 3.91. The summed E-state index contributed by atoms with van der Waals surface area (Å²) in [6.07, 6.45) is 10.9. The zero-order valence-electron chi connectivity index (χ0n) is 18.6. The molecule has 1 aliphatic carbocycles.